The maximum absolute atomic E-state index is 5.79. The Hall–Kier alpha value is -0.810. The fourth-order valence-corrected chi connectivity index (χ4v) is 2.30. The lowest BCUT2D eigenvalue weighted by Gasteiger charge is -2.18. The van der Waals surface area contributed by atoms with E-state index in [9.17, 15) is 0 Å². The topological polar surface area (TPSA) is 54.5 Å². The first-order chi connectivity index (χ1) is 6.18. The van der Waals surface area contributed by atoms with Crippen LogP contribution in [0.15, 0.2) is 11.2 Å². The van der Waals surface area contributed by atoms with E-state index in [0.717, 1.165) is 5.01 Å². The van der Waals surface area contributed by atoms with Gasteiger partial charge in [0.2, 0.25) is 0 Å². The molecule has 0 saturated carbocycles. The summed E-state index contributed by atoms with van der Waals surface area (Å²) < 4.78 is 0.703. The Morgan fingerprint density at radius 2 is 2.54 bits per heavy atom. The number of aromatic nitrogens is 1. The van der Waals surface area contributed by atoms with Gasteiger partial charge in [0.25, 0.3) is 0 Å². The van der Waals surface area contributed by atoms with Crippen molar-refractivity contribution in [2.24, 2.45) is 10.7 Å². The van der Waals surface area contributed by atoms with Gasteiger partial charge in [-0.05, 0) is 0 Å². The van der Waals surface area contributed by atoms with Crippen molar-refractivity contribution in [1.82, 2.24) is 9.88 Å². The molecule has 0 saturated heterocycles. The van der Waals surface area contributed by atoms with Gasteiger partial charge in [-0.25, -0.2) is 4.98 Å². The Morgan fingerprint density at radius 3 is 3.00 bits per heavy atom. The molecule has 0 aromatic carbocycles. The van der Waals surface area contributed by atoms with Gasteiger partial charge in [0.1, 0.15) is 15.4 Å². The molecule has 2 N–H and O–H groups in total. The largest absolute Gasteiger partial charge is 0.370 e. The second kappa shape index (κ2) is 3.16. The maximum Gasteiger partial charge on any atom is 0.191 e. The number of halogens is 1. The van der Waals surface area contributed by atoms with Gasteiger partial charge in [0.05, 0.1) is 12.7 Å². The molecular formula is C7H9ClN4S. The first-order valence-corrected chi connectivity index (χ1v) is 5.02. The number of aliphatic imine (C=N–C) groups is 1. The lowest BCUT2D eigenvalue weighted by atomic mass is 10.3. The van der Waals surface area contributed by atoms with E-state index in [1.807, 2.05) is 11.9 Å². The van der Waals surface area contributed by atoms with Crippen molar-refractivity contribution < 1.29 is 0 Å². The molecule has 4 nitrogen and oxygen atoms in total. The second-order valence-corrected chi connectivity index (χ2v) is 4.52. The molecular weight excluding hydrogens is 208 g/mol. The zero-order chi connectivity index (χ0) is 9.42. The van der Waals surface area contributed by atoms with Crippen molar-refractivity contribution in [2.45, 2.75) is 6.04 Å². The van der Waals surface area contributed by atoms with E-state index in [2.05, 4.69) is 9.98 Å². The molecule has 0 amide bonds. The number of likely N-dealkylation sites (N-methyl/N-ethyl adjacent to an activating group) is 1. The van der Waals surface area contributed by atoms with Gasteiger partial charge in [0, 0.05) is 7.05 Å². The Kier molecular flexibility index (Phi) is 2.13. The van der Waals surface area contributed by atoms with Gasteiger partial charge < -0.3 is 10.6 Å². The average molecular weight is 217 g/mol. The molecule has 1 aliphatic rings. The number of nitrogens with two attached hydrogens (primary N) is 1. The van der Waals surface area contributed by atoms with E-state index in [1.165, 1.54) is 11.3 Å². The maximum atomic E-state index is 5.79. The van der Waals surface area contributed by atoms with Gasteiger partial charge in [-0.3, -0.25) is 4.99 Å². The molecule has 13 heavy (non-hydrogen) atoms. The predicted molar refractivity (Wildman–Crippen MR) is 54.1 cm³/mol. The minimum absolute atomic E-state index is 0.164. The van der Waals surface area contributed by atoms with Crippen LogP contribution in [0.5, 0.6) is 0 Å². The number of rotatable bonds is 1. The predicted octanol–water partition coefficient (Wildman–Crippen LogP) is 1.10. The fraction of sp³-hybridized carbons (Fsp3) is 0.429. The standard InChI is InChI=1S/C7H9ClN4S/c1-12-4(2-11-7(12)9)6-10-3-5(8)13-6/h3-4H,2H2,1H3,(H2,9,11). The van der Waals surface area contributed by atoms with Crippen LogP contribution >= 0.6 is 22.9 Å². The van der Waals surface area contributed by atoms with Crippen molar-refractivity contribution in [3.8, 4) is 0 Å². The van der Waals surface area contributed by atoms with Crippen LogP contribution in [-0.4, -0.2) is 29.4 Å². The quantitative estimate of drug-likeness (QED) is 0.765. The number of guanidine groups is 1. The highest BCUT2D eigenvalue weighted by molar-refractivity contribution is 7.15. The molecule has 0 bridgehead atoms. The smallest absolute Gasteiger partial charge is 0.191 e. The lowest BCUT2D eigenvalue weighted by Crippen LogP contribution is -2.32. The Labute approximate surface area is 85.0 Å². The first kappa shape index (κ1) is 8.77. The minimum Gasteiger partial charge on any atom is -0.370 e. The summed E-state index contributed by atoms with van der Waals surface area (Å²) in [5.74, 6) is 0.566. The summed E-state index contributed by atoms with van der Waals surface area (Å²) in [6, 6.07) is 0.164. The summed E-state index contributed by atoms with van der Waals surface area (Å²) in [7, 11) is 1.91. The summed E-state index contributed by atoms with van der Waals surface area (Å²) in [6.07, 6.45) is 1.66. The van der Waals surface area contributed by atoms with Gasteiger partial charge in [-0.1, -0.05) is 11.6 Å². The van der Waals surface area contributed by atoms with Crippen LogP contribution < -0.4 is 5.73 Å². The fourth-order valence-electron chi connectivity index (χ4n) is 1.24. The van der Waals surface area contributed by atoms with E-state index >= 15 is 0 Å². The summed E-state index contributed by atoms with van der Waals surface area (Å²) in [5.41, 5.74) is 5.63. The Morgan fingerprint density at radius 1 is 1.77 bits per heavy atom. The van der Waals surface area contributed by atoms with Crippen LogP contribution in [0.1, 0.15) is 11.0 Å². The molecule has 0 radical (unpaired) electrons. The molecule has 1 atom stereocenters. The molecule has 6 heteroatoms. The van der Waals surface area contributed by atoms with Crippen LogP contribution in [0.2, 0.25) is 4.34 Å². The van der Waals surface area contributed by atoms with Crippen molar-refractivity contribution in [3.63, 3.8) is 0 Å². The van der Waals surface area contributed by atoms with Crippen molar-refractivity contribution >= 4 is 28.9 Å². The molecule has 0 fully saturated rings. The van der Waals surface area contributed by atoms with Crippen molar-refractivity contribution in [1.29, 1.82) is 0 Å². The van der Waals surface area contributed by atoms with Gasteiger partial charge >= 0.3 is 0 Å². The zero-order valence-corrected chi connectivity index (χ0v) is 8.64. The molecule has 0 spiro atoms. The van der Waals surface area contributed by atoms with Gasteiger partial charge in [0.15, 0.2) is 5.96 Å². The Balaban J connectivity index is 2.21. The summed E-state index contributed by atoms with van der Waals surface area (Å²) in [6.45, 7) is 0.673. The highest BCUT2D eigenvalue weighted by Crippen LogP contribution is 2.29. The molecule has 1 aromatic heterocycles. The van der Waals surface area contributed by atoms with Gasteiger partial charge in [-0.15, -0.1) is 11.3 Å². The summed E-state index contributed by atoms with van der Waals surface area (Å²) >= 11 is 7.27. The van der Waals surface area contributed by atoms with Crippen LogP contribution in [0, 0.1) is 0 Å². The highest BCUT2D eigenvalue weighted by Gasteiger charge is 2.26. The van der Waals surface area contributed by atoms with E-state index in [1.54, 1.807) is 6.20 Å². The lowest BCUT2D eigenvalue weighted by molar-refractivity contribution is 0.412. The molecule has 70 valence electrons. The monoisotopic (exact) mass is 216 g/mol. The summed E-state index contributed by atoms with van der Waals surface area (Å²) in [5, 5.41) is 0.969. The average Bonchev–Trinajstić information content (AvgIpc) is 2.62. The number of thiazole rings is 1. The van der Waals surface area contributed by atoms with Crippen LogP contribution in [-0.2, 0) is 0 Å². The van der Waals surface area contributed by atoms with E-state index in [4.69, 9.17) is 17.3 Å². The number of hydrogen-bond donors (Lipinski definition) is 1. The second-order valence-electron chi connectivity index (χ2n) is 2.83. The van der Waals surface area contributed by atoms with E-state index in [0.29, 0.717) is 16.8 Å². The summed E-state index contributed by atoms with van der Waals surface area (Å²) in [4.78, 5) is 10.2. The van der Waals surface area contributed by atoms with E-state index in [-0.39, 0.29) is 6.04 Å². The molecule has 2 heterocycles. The third-order valence-corrected chi connectivity index (χ3v) is 3.25. The number of hydrogen-bond acceptors (Lipinski definition) is 5. The SMILES string of the molecule is CN1C(N)=NCC1c1ncc(Cl)s1. The molecule has 2 rings (SSSR count). The molecule has 1 unspecified atom stereocenters. The first-order valence-electron chi connectivity index (χ1n) is 3.82. The van der Waals surface area contributed by atoms with Crippen LogP contribution in [0.4, 0.5) is 0 Å². The molecule has 1 aliphatic heterocycles. The molecule has 0 aliphatic carbocycles. The van der Waals surface area contributed by atoms with Crippen molar-refractivity contribution in [2.75, 3.05) is 13.6 Å². The third-order valence-electron chi connectivity index (χ3n) is 2.04. The van der Waals surface area contributed by atoms with Crippen molar-refractivity contribution in [3.05, 3.63) is 15.5 Å². The highest BCUT2D eigenvalue weighted by atomic mass is 35.5. The minimum atomic E-state index is 0.164. The number of nitrogens with zero attached hydrogens (tertiary/aromatic N) is 3. The van der Waals surface area contributed by atoms with Crippen LogP contribution in [0.25, 0.3) is 0 Å². The molecule has 1 aromatic rings. The normalized spacial score (nSPS) is 22.2. The van der Waals surface area contributed by atoms with Crippen LogP contribution in [0.3, 0.4) is 0 Å². The Bertz CT molecular complexity index is 348. The third kappa shape index (κ3) is 1.49. The zero-order valence-electron chi connectivity index (χ0n) is 7.07. The van der Waals surface area contributed by atoms with Gasteiger partial charge in [-0.2, -0.15) is 0 Å². The van der Waals surface area contributed by atoms with E-state index < -0.39 is 0 Å².